The maximum absolute atomic E-state index is 11.2. The van der Waals surface area contributed by atoms with Gasteiger partial charge in [-0.15, -0.1) is 0 Å². The average molecular weight is 460 g/mol. The van der Waals surface area contributed by atoms with Gasteiger partial charge in [-0.05, 0) is 12.1 Å². The second kappa shape index (κ2) is 13.6. The maximum Gasteiger partial charge on any atom is 2.00 e. The average Bonchev–Trinajstić information content (AvgIpc) is 2.62. The van der Waals surface area contributed by atoms with Crippen LogP contribution in [0, 0.1) is 0 Å². The fourth-order valence-corrected chi connectivity index (χ4v) is 2.86. The molecule has 0 radical (unpaired) electrons. The smallest absolute Gasteiger partial charge is 0.508 e. The van der Waals surface area contributed by atoms with Gasteiger partial charge in [0.25, 0.3) is 0 Å². The monoisotopic (exact) mass is 460 g/mol. The minimum absolute atomic E-state index is 0. The number of phenolic OH excluding ortho intramolecular Hbond substituents is 2. The van der Waals surface area contributed by atoms with Gasteiger partial charge in [-0.3, -0.25) is 19.4 Å². The van der Waals surface area contributed by atoms with Gasteiger partial charge in [-0.1, -0.05) is 43.8 Å². The molecule has 0 atom stereocenters. The summed E-state index contributed by atoms with van der Waals surface area (Å²) < 4.78 is 0. The fourth-order valence-electron chi connectivity index (χ4n) is 2.86. The van der Waals surface area contributed by atoms with E-state index >= 15 is 0 Å². The SMILES string of the molecule is C.O=C(O)CN(CCN(CC(=O)O)Cc1ccccc1O)Cc1ccccc1O.[Fe+2]. The molecule has 0 saturated heterocycles. The van der Waals surface area contributed by atoms with Crippen LogP contribution in [0.25, 0.3) is 0 Å². The number of benzene rings is 2. The van der Waals surface area contributed by atoms with E-state index in [-0.39, 0.29) is 75.3 Å². The molecular formula is C21H28FeN2O6+2. The molecule has 164 valence electrons. The zero-order valence-electron chi connectivity index (χ0n) is 15.7. The van der Waals surface area contributed by atoms with Crippen molar-refractivity contribution >= 4 is 11.9 Å². The molecule has 0 bridgehead atoms. The van der Waals surface area contributed by atoms with Crippen LogP contribution in [0.2, 0.25) is 0 Å². The molecule has 0 fully saturated rings. The molecule has 8 nitrogen and oxygen atoms in total. The molecule has 0 heterocycles. The van der Waals surface area contributed by atoms with Crippen LogP contribution in [0.4, 0.5) is 0 Å². The number of carboxylic acid groups (broad SMARTS) is 2. The van der Waals surface area contributed by atoms with Gasteiger partial charge in [0.1, 0.15) is 11.5 Å². The van der Waals surface area contributed by atoms with Gasteiger partial charge >= 0.3 is 29.0 Å². The predicted octanol–water partition coefficient (Wildman–Crippen LogP) is 2.20. The Morgan fingerprint density at radius 1 is 0.700 bits per heavy atom. The zero-order chi connectivity index (χ0) is 20.5. The Hall–Kier alpha value is -2.58. The first-order chi connectivity index (χ1) is 13.3. The largest absolute Gasteiger partial charge is 2.00 e. The molecule has 0 spiro atoms. The normalized spacial score (nSPS) is 10.3. The van der Waals surface area contributed by atoms with Crippen molar-refractivity contribution in [1.29, 1.82) is 0 Å². The molecule has 0 aliphatic rings. The number of phenols is 2. The number of nitrogens with zero attached hydrogens (tertiary/aromatic N) is 2. The number of hydrogen-bond donors (Lipinski definition) is 4. The molecule has 0 aliphatic heterocycles. The number of carbonyl (C=O) groups is 2. The first-order valence-corrected chi connectivity index (χ1v) is 8.77. The summed E-state index contributed by atoms with van der Waals surface area (Å²) in [7, 11) is 0. The van der Waals surface area contributed by atoms with Gasteiger partial charge in [-0.2, -0.15) is 0 Å². The minimum Gasteiger partial charge on any atom is -0.508 e. The first-order valence-electron chi connectivity index (χ1n) is 8.77. The van der Waals surface area contributed by atoms with E-state index < -0.39 is 11.9 Å². The standard InChI is InChI=1S/C20H24N2O6.CH4.Fe/c23-17-7-3-1-5-15(17)11-21(13-19(25)26)9-10-22(14-20(27)28)12-16-6-2-4-8-18(16)24;;/h1-8,23-24H,9-14H2,(H,25,26)(H,27,28);1H4;/q;;+2. The number of rotatable bonds is 11. The van der Waals surface area contributed by atoms with E-state index in [0.717, 1.165) is 0 Å². The van der Waals surface area contributed by atoms with Crippen LogP contribution in [-0.4, -0.2) is 68.3 Å². The van der Waals surface area contributed by atoms with E-state index in [4.69, 9.17) is 10.2 Å². The third-order valence-electron chi connectivity index (χ3n) is 4.22. The Bertz CT molecular complexity index is 750. The first kappa shape index (κ1) is 27.4. The Balaban J connectivity index is 0.00000420. The van der Waals surface area contributed by atoms with Gasteiger partial charge in [-0.25, -0.2) is 0 Å². The van der Waals surface area contributed by atoms with Gasteiger partial charge in [0, 0.05) is 37.3 Å². The quantitative estimate of drug-likeness (QED) is 0.377. The van der Waals surface area contributed by atoms with Gasteiger partial charge in [0.2, 0.25) is 0 Å². The van der Waals surface area contributed by atoms with Crippen molar-refractivity contribution in [2.75, 3.05) is 26.2 Å². The van der Waals surface area contributed by atoms with Crippen molar-refractivity contribution in [1.82, 2.24) is 9.80 Å². The van der Waals surface area contributed by atoms with Crippen molar-refractivity contribution in [3.8, 4) is 11.5 Å². The molecule has 0 amide bonds. The summed E-state index contributed by atoms with van der Waals surface area (Å²) in [6.07, 6.45) is 0. The summed E-state index contributed by atoms with van der Waals surface area (Å²) in [5.41, 5.74) is 1.18. The van der Waals surface area contributed by atoms with E-state index in [2.05, 4.69) is 0 Å². The summed E-state index contributed by atoms with van der Waals surface area (Å²) in [6, 6.07) is 13.4. The van der Waals surface area contributed by atoms with Crippen LogP contribution in [0.3, 0.4) is 0 Å². The van der Waals surface area contributed by atoms with Crippen LogP contribution < -0.4 is 0 Å². The second-order valence-corrected chi connectivity index (χ2v) is 6.47. The number of aromatic hydroxyl groups is 2. The topological polar surface area (TPSA) is 122 Å². The molecule has 2 rings (SSSR count). The number of carboxylic acids is 2. The van der Waals surface area contributed by atoms with Gasteiger partial charge in [0.15, 0.2) is 0 Å². The number of para-hydroxylation sites is 2. The van der Waals surface area contributed by atoms with Crippen molar-refractivity contribution in [2.24, 2.45) is 0 Å². The second-order valence-electron chi connectivity index (χ2n) is 6.47. The van der Waals surface area contributed by atoms with Crippen molar-refractivity contribution in [2.45, 2.75) is 20.5 Å². The molecule has 0 saturated carbocycles. The molecule has 0 aromatic heterocycles. The van der Waals surface area contributed by atoms with Crippen molar-refractivity contribution < 1.29 is 47.1 Å². The Morgan fingerprint density at radius 3 is 1.33 bits per heavy atom. The molecule has 9 heteroatoms. The Kier molecular flexibility index (Phi) is 12.4. The van der Waals surface area contributed by atoms with Crippen LogP contribution >= 0.6 is 0 Å². The molecule has 30 heavy (non-hydrogen) atoms. The summed E-state index contributed by atoms with van der Waals surface area (Å²) >= 11 is 0. The van der Waals surface area contributed by atoms with Crippen LogP contribution in [0.5, 0.6) is 11.5 Å². The van der Waals surface area contributed by atoms with Crippen molar-refractivity contribution in [3.05, 3.63) is 59.7 Å². The van der Waals surface area contributed by atoms with Crippen LogP contribution in [-0.2, 0) is 39.7 Å². The summed E-state index contributed by atoms with van der Waals surface area (Å²) in [4.78, 5) is 25.6. The summed E-state index contributed by atoms with van der Waals surface area (Å²) in [6.45, 7) is 0.508. The molecule has 2 aromatic carbocycles. The third-order valence-corrected chi connectivity index (χ3v) is 4.22. The number of aliphatic carboxylic acids is 2. The van der Waals surface area contributed by atoms with E-state index in [0.29, 0.717) is 11.1 Å². The molecule has 0 aliphatic carbocycles. The molecule has 0 unspecified atom stereocenters. The van der Waals surface area contributed by atoms with E-state index in [1.54, 1.807) is 46.2 Å². The van der Waals surface area contributed by atoms with Crippen LogP contribution in [0.15, 0.2) is 48.5 Å². The van der Waals surface area contributed by atoms with Crippen molar-refractivity contribution in [3.63, 3.8) is 0 Å². The fraction of sp³-hybridized carbons (Fsp3) is 0.333. The van der Waals surface area contributed by atoms with Gasteiger partial charge < -0.3 is 20.4 Å². The molecule has 2 aromatic rings. The Labute approximate surface area is 186 Å². The third kappa shape index (κ3) is 9.28. The summed E-state index contributed by atoms with van der Waals surface area (Å²) in [5, 5.41) is 38.2. The van der Waals surface area contributed by atoms with E-state index in [1.165, 1.54) is 12.1 Å². The van der Waals surface area contributed by atoms with Gasteiger partial charge in [0.05, 0.1) is 13.1 Å². The van der Waals surface area contributed by atoms with E-state index in [1.807, 2.05) is 0 Å². The molecule has 4 N–H and O–H groups in total. The molecular weight excluding hydrogens is 432 g/mol. The van der Waals surface area contributed by atoms with E-state index in [9.17, 15) is 19.8 Å². The predicted molar refractivity (Wildman–Crippen MR) is 109 cm³/mol. The minimum atomic E-state index is -1.01. The Morgan fingerprint density at radius 2 is 1.03 bits per heavy atom. The summed E-state index contributed by atoms with van der Waals surface area (Å²) in [5.74, 6) is -1.87. The van der Waals surface area contributed by atoms with Crippen LogP contribution in [0.1, 0.15) is 18.6 Å². The zero-order valence-corrected chi connectivity index (χ0v) is 16.8. The maximum atomic E-state index is 11.2. The number of hydrogen-bond acceptors (Lipinski definition) is 6.